The summed E-state index contributed by atoms with van der Waals surface area (Å²) in [6, 6.07) is 12.1. The highest BCUT2D eigenvalue weighted by Gasteiger charge is 2.17. The molecule has 7 nitrogen and oxygen atoms in total. The SMILES string of the molecule is COc1cc(OCC(=O)N[C@@H](C)c2ccc(C(C)(C)C)cc2)ccc1[N+](=O)[O-]. The summed E-state index contributed by atoms with van der Waals surface area (Å²) in [5.41, 5.74) is 2.14. The van der Waals surface area contributed by atoms with E-state index in [1.807, 2.05) is 19.1 Å². The monoisotopic (exact) mass is 386 g/mol. The van der Waals surface area contributed by atoms with Crippen molar-refractivity contribution in [2.24, 2.45) is 0 Å². The summed E-state index contributed by atoms with van der Waals surface area (Å²) in [5.74, 6) is 0.111. The molecule has 0 radical (unpaired) electrons. The second-order valence-electron chi connectivity index (χ2n) is 7.54. The molecule has 0 unspecified atom stereocenters. The molecule has 1 atom stereocenters. The Labute approximate surface area is 164 Å². The highest BCUT2D eigenvalue weighted by Crippen LogP contribution is 2.30. The number of methoxy groups -OCH3 is 1. The lowest BCUT2D eigenvalue weighted by Crippen LogP contribution is -2.31. The maximum Gasteiger partial charge on any atom is 0.311 e. The molecule has 150 valence electrons. The highest BCUT2D eigenvalue weighted by molar-refractivity contribution is 5.78. The fraction of sp³-hybridized carbons (Fsp3) is 0.381. The van der Waals surface area contributed by atoms with E-state index in [4.69, 9.17) is 9.47 Å². The van der Waals surface area contributed by atoms with Crippen LogP contribution < -0.4 is 14.8 Å². The van der Waals surface area contributed by atoms with E-state index in [0.29, 0.717) is 5.75 Å². The molecule has 1 amide bonds. The maximum atomic E-state index is 12.2. The Kier molecular flexibility index (Phi) is 6.62. The van der Waals surface area contributed by atoms with Crippen molar-refractivity contribution < 1.29 is 19.2 Å². The number of carbonyl (C=O) groups excluding carboxylic acids is 1. The number of hydrogen-bond donors (Lipinski definition) is 1. The molecule has 0 heterocycles. The molecule has 0 aliphatic carbocycles. The fourth-order valence-corrected chi connectivity index (χ4v) is 2.69. The van der Waals surface area contributed by atoms with Crippen molar-refractivity contribution in [3.05, 3.63) is 63.7 Å². The van der Waals surface area contributed by atoms with Gasteiger partial charge in [0, 0.05) is 12.1 Å². The lowest BCUT2D eigenvalue weighted by atomic mass is 9.86. The average molecular weight is 386 g/mol. The average Bonchev–Trinajstić information content (AvgIpc) is 2.65. The van der Waals surface area contributed by atoms with Crippen LogP contribution in [-0.4, -0.2) is 24.5 Å². The third-order valence-electron chi connectivity index (χ3n) is 4.37. The van der Waals surface area contributed by atoms with E-state index in [1.165, 1.54) is 30.9 Å². The molecule has 0 saturated heterocycles. The molecule has 28 heavy (non-hydrogen) atoms. The number of hydrogen-bond acceptors (Lipinski definition) is 5. The van der Waals surface area contributed by atoms with Crippen LogP contribution in [0.2, 0.25) is 0 Å². The molecular formula is C21H26N2O5. The summed E-state index contributed by atoms with van der Waals surface area (Å²) in [6.07, 6.45) is 0. The van der Waals surface area contributed by atoms with E-state index < -0.39 is 4.92 Å². The predicted octanol–water partition coefficient (Wildman–Crippen LogP) is 4.16. The third-order valence-corrected chi connectivity index (χ3v) is 4.37. The molecule has 0 saturated carbocycles. The quantitative estimate of drug-likeness (QED) is 0.570. The van der Waals surface area contributed by atoms with Gasteiger partial charge in [0.15, 0.2) is 6.61 Å². The Morgan fingerprint density at radius 1 is 1.18 bits per heavy atom. The van der Waals surface area contributed by atoms with Crippen LogP contribution in [-0.2, 0) is 10.2 Å². The fourth-order valence-electron chi connectivity index (χ4n) is 2.69. The van der Waals surface area contributed by atoms with Crippen molar-refractivity contribution in [2.45, 2.75) is 39.2 Å². The molecule has 0 bridgehead atoms. The number of rotatable bonds is 7. The first-order valence-corrected chi connectivity index (χ1v) is 8.97. The first-order valence-electron chi connectivity index (χ1n) is 8.97. The topological polar surface area (TPSA) is 90.7 Å². The molecule has 0 aromatic heterocycles. The third kappa shape index (κ3) is 5.45. The van der Waals surface area contributed by atoms with Crippen LogP contribution in [0.3, 0.4) is 0 Å². The first-order chi connectivity index (χ1) is 13.1. The Hall–Kier alpha value is -3.09. The van der Waals surface area contributed by atoms with Crippen LogP contribution in [0.5, 0.6) is 11.5 Å². The van der Waals surface area contributed by atoms with Gasteiger partial charge < -0.3 is 14.8 Å². The van der Waals surface area contributed by atoms with Gasteiger partial charge in [0.1, 0.15) is 5.75 Å². The van der Waals surface area contributed by atoms with Gasteiger partial charge in [-0.1, -0.05) is 45.0 Å². The van der Waals surface area contributed by atoms with Crippen LogP contribution in [0, 0.1) is 10.1 Å². The Morgan fingerprint density at radius 3 is 2.36 bits per heavy atom. The van der Waals surface area contributed by atoms with E-state index in [1.54, 1.807) is 0 Å². The molecule has 0 fully saturated rings. The lowest BCUT2D eigenvalue weighted by Gasteiger charge is -2.20. The molecule has 2 rings (SSSR count). The van der Waals surface area contributed by atoms with Gasteiger partial charge in [-0.15, -0.1) is 0 Å². The Morgan fingerprint density at radius 2 is 1.82 bits per heavy atom. The number of nitro benzene ring substituents is 1. The number of ether oxygens (including phenoxy) is 2. The maximum absolute atomic E-state index is 12.2. The Bertz CT molecular complexity index is 841. The van der Waals surface area contributed by atoms with Crippen molar-refractivity contribution in [3.63, 3.8) is 0 Å². The van der Waals surface area contributed by atoms with Gasteiger partial charge in [0.05, 0.1) is 18.1 Å². The molecular weight excluding hydrogens is 360 g/mol. The second-order valence-corrected chi connectivity index (χ2v) is 7.54. The smallest absolute Gasteiger partial charge is 0.311 e. The zero-order valence-corrected chi connectivity index (χ0v) is 16.8. The molecule has 0 spiro atoms. The normalized spacial score (nSPS) is 12.2. The van der Waals surface area contributed by atoms with Gasteiger partial charge in [-0.25, -0.2) is 0 Å². The summed E-state index contributed by atoms with van der Waals surface area (Å²) in [7, 11) is 1.34. The molecule has 0 aliphatic rings. The minimum absolute atomic E-state index is 0.0741. The number of amides is 1. The number of benzene rings is 2. The molecule has 0 aliphatic heterocycles. The first kappa shape index (κ1) is 21.2. The molecule has 1 N–H and O–H groups in total. The summed E-state index contributed by atoms with van der Waals surface area (Å²) in [5, 5.41) is 13.8. The lowest BCUT2D eigenvalue weighted by molar-refractivity contribution is -0.385. The summed E-state index contributed by atoms with van der Waals surface area (Å²) >= 11 is 0. The van der Waals surface area contributed by atoms with E-state index in [0.717, 1.165) is 5.56 Å². The Balaban J connectivity index is 1.94. The molecule has 2 aromatic rings. The van der Waals surface area contributed by atoms with E-state index in [9.17, 15) is 14.9 Å². The highest BCUT2D eigenvalue weighted by atomic mass is 16.6. The zero-order chi connectivity index (χ0) is 20.9. The minimum Gasteiger partial charge on any atom is -0.490 e. The summed E-state index contributed by atoms with van der Waals surface area (Å²) in [4.78, 5) is 22.6. The van der Waals surface area contributed by atoms with Crippen molar-refractivity contribution in [2.75, 3.05) is 13.7 Å². The number of carbonyl (C=O) groups is 1. The standard InChI is InChI=1S/C21H26N2O5/c1-14(15-6-8-16(9-7-15)21(2,3)4)22-20(24)13-28-17-10-11-18(23(25)26)19(12-17)27-5/h6-12,14H,13H2,1-5H3,(H,22,24)/t14-/m0/s1. The molecule has 7 heteroatoms. The van der Waals surface area contributed by atoms with Gasteiger partial charge in [-0.3, -0.25) is 14.9 Å². The summed E-state index contributed by atoms with van der Waals surface area (Å²) in [6.45, 7) is 8.15. The zero-order valence-electron chi connectivity index (χ0n) is 16.8. The van der Waals surface area contributed by atoms with Crippen LogP contribution in [0.15, 0.2) is 42.5 Å². The van der Waals surface area contributed by atoms with E-state index in [2.05, 4.69) is 38.2 Å². The number of nitrogens with zero attached hydrogens (tertiary/aromatic N) is 1. The van der Waals surface area contributed by atoms with Crippen molar-refractivity contribution >= 4 is 11.6 Å². The molecule has 2 aromatic carbocycles. The van der Waals surface area contributed by atoms with Crippen LogP contribution in [0.25, 0.3) is 0 Å². The van der Waals surface area contributed by atoms with Gasteiger partial charge in [0.25, 0.3) is 5.91 Å². The van der Waals surface area contributed by atoms with Crippen molar-refractivity contribution in [1.82, 2.24) is 5.32 Å². The second kappa shape index (κ2) is 8.73. The van der Waals surface area contributed by atoms with Gasteiger partial charge in [-0.05, 0) is 29.5 Å². The van der Waals surface area contributed by atoms with Gasteiger partial charge in [-0.2, -0.15) is 0 Å². The van der Waals surface area contributed by atoms with Crippen LogP contribution in [0.1, 0.15) is 44.9 Å². The predicted molar refractivity (Wildman–Crippen MR) is 107 cm³/mol. The van der Waals surface area contributed by atoms with E-state index >= 15 is 0 Å². The van der Waals surface area contributed by atoms with Crippen molar-refractivity contribution in [1.29, 1.82) is 0 Å². The van der Waals surface area contributed by atoms with E-state index in [-0.39, 0.29) is 35.4 Å². The van der Waals surface area contributed by atoms with Gasteiger partial charge >= 0.3 is 5.69 Å². The van der Waals surface area contributed by atoms with Crippen LogP contribution in [0.4, 0.5) is 5.69 Å². The summed E-state index contributed by atoms with van der Waals surface area (Å²) < 4.78 is 10.4. The number of nitro groups is 1. The van der Waals surface area contributed by atoms with Crippen molar-refractivity contribution in [3.8, 4) is 11.5 Å². The largest absolute Gasteiger partial charge is 0.490 e. The number of nitrogens with one attached hydrogen (secondary N) is 1. The van der Waals surface area contributed by atoms with Gasteiger partial charge in [0.2, 0.25) is 5.75 Å². The minimum atomic E-state index is -0.540. The van der Waals surface area contributed by atoms with Crippen LogP contribution >= 0.6 is 0 Å².